The lowest BCUT2D eigenvalue weighted by Crippen LogP contribution is -2.57. The fourth-order valence-corrected chi connectivity index (χ4v) is 4.36. The molecule has 1 amide bonds. The molecule has 7 nitrogen and oxygen atoms in total. The number of carboxylic acid groups (broad SMARTS) is 1. The van der Waals surface area contributed by atoms with Gasteiger partial charge in [0.25, 0.3) is 0 Å². The van der Waals surface area contributed by atoms with E-state index in [1.54, 1.807) is 0 Å². The van der Waals surface area contributed by atoms with Gasteiger partial charge in [0.1, 0.15) is 0 Å². The van der Waals surface area contributed by atoms with E-state index in [2.05, 4.69) is 9.71 Å². The van der Waals surface area contributed by atoms with E-state index in [1.807, 2.05) is 48.5 Å². The summed E-state index contributed by atoms with van der Waals surface area (Å²) in [6, 6.07) is 14.4. The van der Waals surface area contributed by atoms with Crippen molar-refractivity contribution in [1.29, 1.82) is 0 Å². The molecular weight excluding hydrogens is 366 g/mol. The lowest BCUT2D eigenvalue weighted by Gasteiger charge is -2.39. The van der Waals surface area contributed by atoms with Crippen LogP contribution in [0.25, 0.3) is 11.3 Å². The Balaban J connectivity index is 1.88. The molecule has 0 bridgehead atoms. The van der Waals surface area contributed by atoms with Crippen molar-refractivity contribution in [3.05, 3.63) is 54.2 Å². The number of benzene rings is 1. The fourth-order valence-electron chi connectivity index (χ4n) is 3.54. The number of hydrogen-bond acceptors (Lipinski definition) is 4. The molecule has 1 fully saturated rings. The van der Waals surface area contributed by atoms with Gasteiger partial charge in [-0.3, -0.25) is 4.98 Å². The first-order valence-electron chi connectivity index (χ1n) is 8.82. The first-order chi connectivity index (χ1) is 12.8. The van der Waals surface area contributed by atoms with Crippen molar-refractivity contribution in [2.75, 3.05) is 12.8 Å². The number of nitrogens with zero attached hydrogens (tertiary/aromatic N) is 2. The van der Waals surface area contributed by atoms with E-state index in [-0.39, 0.29) is 0 Å². The third kappa shape index (κ3) is 5.05. The zero-order valence-corrected chi connectivity index (χ0v) is 15.9. The number of carbonyl (C=O) groups is 1. The third-order valence-electron chi connectivity index (χ3n) is 4.68. The Labute approximate surface area is 159 Å². The van der Waals surface area contributed by atoms with Gasteiger partial charge in [-0.25, -0.2) is 17.9 Å². The maximum atomic E-state index is 11.7. The van der Waals surface area contributed by atoms with Crippen molar-refractivity contribution in [3.8, 4) is 11.3 Å². The molecule has 0 spiro atoms. The molecule has 1 aliphatic rings. The van der Waals surface area contributed by atoms with E-state index in [0.717, 1.165) is 23.2 Å². The van der Waals surface area contributed by atoms with Crippen LogP contribution in [0.5, 0.6) is 0 Å². The smallest absolute Gasteiger partial charge is 0.407 e. The number of aromatic nitrogens is 1. The number of piperidine rings is 1. The molecule has 2 N–H and O–H groups in total. The molecule has 2 heterocycles. The van der Waals surface area contributed by atoms with Crippen LogP contribution >= 0.6 is 0 Å². The van der Waals surface area contributed by atoms with Crippen LogP contribution < -0.4 is 4.72 Å². The number of sulfonamides is 1. The minimum atomic E-state index is -3.44. The average Bonchev–Trinajstić information content (AvgIpc) is 2.63. The van der Waals surface area contributed by atoms with E-state index >= 15 is 0 Å². The van der Waals surface area contributed by atoms with Gasteiger partial charge in [-0.2, -0.15) is 0 Å². The standard InChI is InChI=1S/C19H23N3O4S/c1-27(25,26)21-17-11-6-12-22(19(23)24)18(17)13-15-9-5-10-16(20-15)14-7-3-2-4-8-14/h2-5,7-10,17-18,21H,6,11-13H2,1H3,(H,23,24)/t17-,18-/m1/s1. The molecule has 144 valence electrons. The van der Waals surface area contributed by atoms with Crippen molar-refractivity contribution in [2.24, 2.45) is 0 Å². The van der Waals surface area contributed by atoms with Gasteiger partial charge in [0.15, 0.2) is 0 Å². The minimum absolute atomic E-state index is 0.347. The summed E-state index contributed by atoms with van der Waals surface area (Å²) >= 11 is 0. The molecule has 2 aromatic rings. The normalized spacial score (nSPS) is 20.4. The van der Waals surface area contributed by atoms with Crippen LogP contribution in [0.1, 0.15) is 18.5 Å². The highest BCUT2D eigenvalue weighted by atomic mass is 32.2. The molecule has 1 aromatic heterocycles. The Bertz CT molecular complexity index is 902. The molecular formula is C19H23N3O4S. The van der Waals surface area contributed by atoms with Crippen LogP contribution in [0.15, 0.2) is 48.5 Å². The molecule has 0 unspecified atom stereocenters. The molecule has 8 heteroatoms. The Morgan fingerprint density at radius 3 is 2.63 bits per heavy atom. The van der Waals surface area contributed by atoms with Gasteiger partial charge >= 0.3 is 6.09 Å². The van der Waals surface area contributed by atoms with Crippen LogP contribution in [-0.2, 0) is 16.4 Å². The zero-order valence-electron chi connectivity index (χ0n) is 15.1. The summed E-state index contributed by atoms with van der Waals surface area (Å²) in [5, 5.41) is 9.56. The maximum Gasteiger partial charge on any atom is 0.407 e. The molecule has 0 saturated carbocycles. The van der Waals surface area contributed by atoms with Crippen LogP contribution in [0.2, 0.25) is 0 Å². The summed E-state index contributed by atoms with van der Waals surface area (Å²) in [6.45, 7) is 0.389. The van der Waals surface area contributed by atoms with E-state index < -0.39 is 28.2 Å². The van der Waals surface area contributed by atoms with Crippen molar-refractivity contribution in [3.63, 3.8) is 0 Å². The Morgan fingerprint density at radius 1 is 1.22 bits per heavy atom. The summed E-state index contributed by atoms with van der Waals surface area (Å²) in [5.41, 5.74) is 2.51. The van der Waals surface area contributed by atoms with Crippen LogP contribution in [0.4, 0.5) is 4.79 Å². The molecule has 1 aliphatic heterocycles. The van der Waals surface area contributed by atoms with Crippen molar-refractivity contribution in [1.82, 2.24) is 14.6 Å². The maximum absolute atomic E-state index is 11.7. The monoisotopic (exact) mass is 389 g/mol. The molecule has 0 radical (unpaired) electrons. The SMILES string of the molecule is CS(=O)(=O)N[C@@H]1CCCN(C(=O)O)[C@@H]1Cc1cccc(-c2ccccc2)n1. The summed E-state index contributed by atoms with van der Waals surface area (Å²) in [6.07, 6.45) is 1.62. The molecule has 1 aromatic carbocycles. The molecule has 0 aliphatic carbocycles. The van der Waals surface area contributed by atoms with Crippen LogP contribution in [0.3, 0.4) is 0 Å². The summed E-state index contributed by atoms with van der Waals surface area (Å²) in [4.78, 5) is 17.7. The molecule has 1 saturated heterocycles. The highest BCUT2D eigenvalue weighted by Gasteiger charge is 2.36. The fraction of sp³-hybridized carbons (Fsp3) is 0.368. The van der Waals surface area contributed by atoms with Crippen LogP contribution in [-0.4, -0.2) is 54.4 Å². The number of likely N-dealkylation sites (tertiary alicyclic amines) is 1. The van der Waals surface area contributed by atoms with E-state index in [9.17, 15) is 18.3 Å². The largest absolute Gasteiger partial charge is 0.465 e. The van der Waals surface area contributed by atoms with E-state index in [0.29, 0.717) is 25.8 Å². The molecule has 2 atom stereocenters. The first-order valence-corrected chi connectivity index (χ1v) is 10.7. The summed E-state index contributed by atoms with van der Waals surface area (Å²) in [5.74, 6) is 0. The number of rotatable bonds is 5. The van der Waals surface area contributed by atoms with Gasteiger partial charge < -0.3 is 10.0 Å². The van der Waals surface area contributed by atoms with Crippen molar-refractivity contribution < 1.29 is 18.3 Å². The molecule has 3 rings (SSSR count). The predicted octanol–water partition coefficient (Wildman–Crippen LogP) is 2.35. The van der Waals surface area contributed by atoms with Gasteiger partial charge in [0.05, 0.1) is 18.0 Å². The van der Waals surface area contributed by atoms with Crippen molar-refractivity contribution >= 4 is 16.1 Å². The lowest BCUT2D eigenvalue weighted by atomic mass is 9.93. The summed E-state index contributed by atoms with van der Waals surface area (Å²) in [7, 11) is -3.44. The topological polar surface area (TPSA) is 99.6 Å². The highest BCUT2D eigenvalue weighted by Crippen LogP contribution is 2.23. The van der Waals surface area contributed by atoms with Crippen molar-refractivity contribution in [2.45, 2.75) is 31.3 Å². The van der Waals surface area contributed by atoms with Gasteiger partial charge in [-0.05, 0) is 25.0 Å². The Hall–Kier alpha value is -2.45. The second-order valence-corrected chi connectivity index (χ2v) is 8.55. The average molecular weight is 389 g/mol. The summed E-state index contributed by atoms with van der Waals surface area (Å²) < 4.78 is 26.0. The number of pyridine rings is 1. The van der Waals surface area contributed by atoms with Gasteiger partial charge in [-0.1, -0.05) is 36.4 Å². The Kier molecular flexibility index (Phi) is 5.76. The predicted molar refractivity (Wildman–Crippen MR) is 103 cm³/mol. The zero-order chi connectivity index (χ0) is 19.4. The first kappa shape index (κ1) is 19.3. The third-order valence-corrected chi connectivity index (χ3v) is 5.42. The highest BCUT2D eigenvalue weighted by molar-refractivity contribution is 7.88. The Morgan fingerprint density at radius 2 is 1.96 bits per heavy atom. The second kappa shape index (κ2) is 8.06. The second-order valence-electron chi connectivity index (χ2n) is 6.77. The quantitative estimate of drug-likeness (QED) is 0.818. The van der Waals surface area contributed by atoms with Gasteiger partial charge in [0.2, 0.25) is 10.0 Å². The van der Waals surface area contributed by atoms with Gasteiger partial charge in [-0.15, -0.1) is 0 Å². The van der Waals surface area contributed by atoms with E-state index in [4.69, 9.17) is 0 Å². The lowest BCUT2D eigenvalue weighted by molar-refractivity contribution is 0.0938. The molecule has 27 heavy (non-hydrogen) atoms. The number of nitrogens with one attached hydrogen (secondary N) is 1. The van der Waals surface area contributed by atoms with E-state index in [1.165, 1.54) is 4.90 Å². The van der Waals surface area contributed by atoms with Crippen LogP contribution in [0, 0.1) is 0 Å². The minimum Gasteiger partial charge on any atom is -0.465 e. The number of amides is 1. The number of hydrogen-bond donors (Lipinski definition) is 2. The van der Waals surface area contributed by atoms with Gasteiger partial charge in [0, 0.05) is 30.3 Å².